The van der Waals surface area contributed by atoms with Crippen LogP contribution >= 0.6 is 0 Å². The van der Waals surface area contributed by atoms with E-state index < -0.39 is 86.2 Å². The van der Waals surface area contributed by atoms with Crippen molar-refractivity contribution in [2.24, 2.45) is 0 Å². The number of ether oxygens (including phenoxy) is 11. The van der Waals surface area contributed by atoms with Gasteiger partial charge in [-0.15, -0.1) is 0 Å². The molecule has 53 heavy (non-hydrogen) atoms. The lowest BCUT2D eigenvalue weighted by molar-refractivity contribution is -0.486. The quantitative estimate of drug-likeness (QED) is 0.221. The van der Waals surface area contributed by atoms with Crippen molar-refractivity contribution in [1.29, 1.82) is 0 Å². The van der Waals surface area contributed by atoms with Crippen LogP contribution in [0.5, 0.6) is 0 Å². The van der Waals surface area contributed by atoms with Crippen LogP contribution < -0.4 is 0 Å². The van der Waals surface area contributed by atoms with Crippen LogP contribution in [0.3, 0.4) is 0 Å². The molecule has 0 radical (unpaired) electrons. The summed E-state index contributed by atoms with van der Waals surface area (Å²) in [5, 5.41) is 21.2. The molecule has 0 amide bonds. The second-order valence-electron chi connectivity index (χ2n) is 13.5. The van der Waals surface area contributed by atoms with Crippen LogP contribution in [-0.4, -0.2) is 118 Å². The number of aliphatic hydroxyl groups is 2. The van der Waals surface area contributed by atoms with Crippen LogP contribution in [-0.2, 0) is 71.9 Å². The van der Waals surface area contributed by atoms with Gasteiger partial charge >= 0.3 is 0 Å². The highest BCUT2D eigenvalue weighted by Crippen LogP contribution is 2.45. The van der Waals surface area contributed by atoms with Crippen molar-refractivity contribution in [2.45, 2.75) is 107 Å². The maximum absolute atomic E-state index is 10.8. The fourth-order valence-corrected chi connectivity index (χ4v) is 6.99. The van der Waals surface area contributed by atoms with E-state index in [2.05, 4.69) is 0 Å². The lowest BCUT2D eigenvalue weighted by atomic mass is 9.93. The van der Waals surface area contributed by atoms with Crippen LogP contribution in [0.1, 0.15) is 30.5 Å². The standard InChI is InChI=1S/C40H52O13/c1-39(44-4)40(2,45-5)53-34-32(52-39)30(22-42)49-37(43-3)36(34)51-38-35(48-25-28-19-13-8-14-20-28)33(47-24-27-17-11-7-12-18-27)31(29(21-41)50-38)46-23-26-15-9-6-10-16-26/h6-20,29-38,41-42H,21-25H2,1-5H3/t29-,30-,31-,32-,33+,34+,35+,36+,37+,38?,39-,40-/m1/s1. The molecule has 3 aliphatic heterocycles. The zero-order valence-corrected chi connectivity index (χ0v) is 30.9. The van der Waals surface area contributed by atoms with Crippen molar-refractivity contribution >= 4 is 0 Å². The summed E-state index contributed by atoms with van der Waals surface area (Å²) in [4.78, 5) is 0. The molecule has 0 aromatic heterocycles. The minimum Gasteiger partial charge on any atom is -0.394 e. The molecule has 2 N–H and O–H groups in total. The Balaban J connectivity index is 1.36. The van der Waals surface area contributed by atoms with E-state index in [1.54, 1.807) is 13.8 Å². The van der Waals surface area contributed by atoms with Gasteiger partial charge in [-0.2, -0.15) is 0 Å². The summed E-state index contributed by atoms with van der Waals surface area (Å²) in [5.41, 5.74) is 2.79. The minimum atomic E-state index is -1.41. The Morgan fingerprint density at radius 1 is 0.528 bits per heavy atom. The molecule has 0 bridgehead atoms. The fourth-order valence-electron chi connectivity index (χ4n) is 6.99. The van der Waals surface area contributed by atoms with Gasteiger partial charge < -0.3 is 62.3 Å². The number of hydrogen-bond acceptors (Lipinski definition) is 13. The van der Waals surface area contributed by atoms with Crippen LogP contribution in [0.2, 0.25) is 0 Å². The van der Waals surface area contributed by atoms with Gasteiger partial charge in [-0.25, -0.2) is 0 Å². The van der Waals surface area contributed by atoms with Gasteiger partial charge in [0.1, 0.15) is 48.8 Å². The Morgan fingerprint density at radius 3 is 1.42 bits per heavy atom. The predicted octanol–water partition coefficient (Wildman–Crippen LogP) is 3.72. The van der Waals surface area contributed by atoms with Gasteiger partial charge in [0.25, 0.3) is 0 Å². The Morgan fingerprint density at radius 2 is 0.962 bits per heavy atom. The zero-order chi connectivity index (χ0) is 37.4. The first-order chi connectivity index (χ1) is 25.8. The molecule has 12 atom stereocenters. The van der Waals surface area contributed by atoms with Crippen LogP contribution in [0.15, 0.2) is 91.0 Å². The monoisotopic (exact) mass is 740 g/mol. The topological polar surface area (TPSA) is 142 Å². The first-order valence-electron chi connectivity index (χ1n) is 17.9. The molecule has 3 aromatic rings. The summed E-state index contributed by atoms with van der Waals surface area (Å²) in [6, 6.07) is 29.2. The SMILES string of the molecule is CO[C@H]1O[C@H](CO)[C@H]2O[C@@](C)(OC)[C@](C)(OC)O[C@@H]2[C@@H]1OC1O[C@H](CO)[C@@H](OCc2ccccc2)[C@H](OCc2ccccc2)[C@@H]1OCc1ccccc1. The van der Waals surface area contributed by atoms with Crippen molar-refractivity contribution in [1.82, 2.24) is 0 Å². The molecule has 6 rings (SSSR count). The van der Waals surface area contributed by atoms with Crippen molar-refractivity contribution < 1.29 is 62.3 Å². The molecule has 0 spiro atoms. The first-order valence-corrected chi connectivity index (χ1v) is 17.9. The van der Waals surface area contributed by atoms with Crippen molar-refractivity contribution in [3.05, 3.63) is 108 Å². The van der Waals surface area contributed by atoms with E-state index in [0.29, 0.717) is 0 Å². The predicted molar refractivity (Wildman–Crippen MR) is 189 cm³/mol. The van der Waals surface area contributed by atoms with E-state index in [-0.39, 0.29) is 19.8 Å². The second kappa shape index (κ2) is 18.2. The molecule has 13 nitrogen and oxygen atoms in total. The highest BCUT2D eigenvalue weighted by atomic mass is 16.8. The maximum atomic E-state index is 10.8. The molecule has 3 aliphatic rings. The highest BCUT2D eigenvalue weighted by Gasteiger charge is 2.63. The molecular weight excluding hydrogens is 688 g/mol. The number of benzene rings is 3. The summed E-state index contributed by atoms with van der Waals surface area (Å²) in [6.07, 6.45) is -9.26. The van der Waals surface area contributed by atoms with Crippen molar-refractivity contribution in [2.75, 3.05) is 34.5 Å². The zero-order valence-electron chi connectivity index (χ0n) is 30.9. The van der Waals surface area contributed by atoms with E-state index in [4.69, 9.17) is 52.1 Å². The summed E-state index contributed by atoms with van der Waals surface area (Å²) in [7, 11) is 4.44. The van der Waals surface area contributed by atoms with Crippen LogP contribution in [0.4, 0.5) is 0 Å². The number of methoxy groups -OCH3 is 3. The van der Waals surface area contributed by atoms with E-state index >= 15 is 0 Å². The van der Waals surface area contributed by atoms with Crippen molar-refractivity contribution in [3.8, 4) is 0 Å². The summed E-state index contributed by atoms with van der Waals surface area (Å²) in [6.45, 7) is 3.23. The van der Waals surface area contributed by atoms with Gasteiger partial charge in [-0.3, -0.25) is 0 Å². The van der Waals surface area contributed by atoms with E-state index in [0.717, 1.165) is 16.7 Å². The van der Waals surface area contributed by atoms with Gasteiger partial charge in [-0.1, -0.05) is 91.0 Å². The smallest absolute Gasteiger partial charge is 0.220 e. The Hall–Kier alpha value is -2.86. The Bertz CT molecular complexity index is 1520. The maximum Gasteiger partial charge on any atom is 0.220 e. The van der Waals surface area contributed by atoms with Gasteiger partial charge in [0.2, 0.25) is 11.6 Å². The largest absolute Gasteiger partial charge is 0.394 e. The van der Waals surface area contributed by atoms with Gasteiger partial charge in [0, 0.05) is 21.3 Å². The third-order valence-electron chi connectivity index (χ3n) is 10.2. The second-order valence-corrected chi connectivity index (χ2v) is 13.5. The Labute approximate surface area is 310 Å². The average molecular weight is 741 g/mol. The molecule has 0 saturated carbocycles. The number of hydrogen-bond donors (Lipinski definition) is 2. The molecule has 3 heterocycles. The number of fused-ring (bicyclic) bond motifs is 1. The lowest BCUT2D eigenvalue weighted by Crippen LogP contribution is -2.74. The van der Waals surface area contributed by atoms with Gasteiger partial charge in [0.15, 0.2) is 12.6 Å². The molecule has 13 heteroatoms. The molecule has 3 fully saturated rings. The number of rotatable bonds is 16. The fraction of sp³-hybridized carbons (Fsp3) is 0.550. The summed E-state index contributed by atoms with van der Waals surface area (Å²) < 4.78 is 70.0. The third-order valence-corrected chi connectivity index (χ3v) is 10.2. The average Bonchev–Trinajstić information content (AvgIpc) is 3.20. The van der Waals surface area contributed by atoms with E-state index in [1.807, 2.05) is 91.0 Å². The Kier molecular flexibility index (Phi) is 13.7. The molecule has 3 saturated heterocycles. The lowest BCUT2D eigenvalue weighted by Gasteiger charge is -2.57. The molecular formula is C40H52O13. The van der Waals surface area contributed by atoms with Crippen LogP contribution in [0, 0.1) is 0 Å². The van der Waals surface area contributed by atoms with Crippen molar-refractivity contribution in [3.63, 3.8) is 0 Å². The molecule has 290 valence electrons. The summed E-state index contributed by atoms with van der Waals surface area (Å²) >= 11 is 0. The molecule has 0 aliphatic carbocycles. The van der Waals surface area contributed by atoms with Crippen LogP contribution in [0.25, 0.3) is 0 Å². The molecule has 3 aromatic carbocycles. The van der Waals surface area contributed by atoms with E-state index in [9.17, 15) is 10.2 Å². The van der Waals surface area contributed by atoms with Gasteiger partial charge in [-0.05, 0) is 30.5 Å². The number of aliphatic hydroxyl groups excluding tert-OH is 2. The highest BCUT2D eigenvalue weighted by molar-refractivity contribution is 5.16. The minimum absolute atomic E-state index is 0.191. The first kappa shape index (κ1) is 39.8. The molecule has 1 unspecified atom stereocenters. The van der Waals surface area contributed by atoms with Gasteiger partial charge in [0.05, 0.1) is 33.0 Å². The third kappa shape index (κ3) is 8.84. The van der Waals surface area contributed by atoms with E-state index in [1.165, 1.54) is 21.3 Å². The summed E-state index contributed by atoms with van der Waals surface area (Å²) in [5.74, 6) is -2.80. The normalized spacial score (nSPS) is 35.8.